The molecule has 2 aromatic rings. The highest BCUT2D eigenvalue weighted by atomic mass is 32.2. The molecule has 0 aromatic heterocycles. The number of urea groups is 1. The van der Waals surface area contributed by atoms with Crippen molar-refractivity contribution in [3.05, 3.63) is 71.4 Å². The number of carbonyl (C=O) groups is 4. The monoisotopic (exact) mass is 493 g/mol. The molecule has 0 spiro atoms. The minimum atomic E-state index is -1.21. The van der Waals surface area contributed by atoms with E-state index in [9.17, 15) is 19.2 Å². The number of carbonyl (C=O) groups excluding carboxylic acids is 4. The van der Waals surface area contributed by atoms with E-state index in [1.165, 1.54) is 16.7 Å². The van der Waals surface area contributed by atoms with Gasteiger partial charge in [0.25, 0.3) is 0 Å². The Bertz CT molecular complexity index is 1250. The minimum absolute atomic E-state index is 0.139. The Morgan fingerprint density at radius 3 is 2.60 bits per heavy atom. The number of nitrogens with zero attached hydrogens (tertiary/aromatic N) is 1. The maximum Gasteiger partial charge on any atom is 0.343 e. The van der Waals surface area contributed by atoms with Crippen molar-refractivity contribution >= 4 is 41.3 Å². The molecule has 0 radical (unpaired) electrons. The number of benzene rings is 2. The number of esters is 2. The molecule has 3 aliphatic rings. The zero-order chi connectivity index (χ0) is 24.6. The standard InChI is InChI=1S/C25H23N3O6S/c1-2-33-22(30)20-16(26-24(32)27-21(20)15-8-4-3-5-9-15)14-34-23(31)25-13-12-19(29)28(25)17-10-6-7-11-18(17)35-25/h3-11,21H,2,12-14H2,1H3,(H2,26,27,32). The SMILES string of the molecule is CCOC(=O)C1=C(COC(=O)C23CCC(=O)N2c2ccccc2S3)NC(=O)NC1c1ccccc1. The molecule has 2 N–H and O–H groups in total. The topological polar surface area (TPSA) is 114 Å². The summed E-state index contributed by atoms with van der Waals surface area (Å²) in [5.74, 6) is -1.38. The highest BCUT2D eigenvalue weighted by molar-refractivity contribution is 8.02. The first-order valence-corrected chi connectivity index (χ1v) is 12.1. The van der Waals surface area contributed by atoms with Gasteiger partial charge in [-0.25, -0.2) is 14.4 Å². The second kappa shape index (κ2) is 9.10. The van der Waals surface area contributed by atoms with Crippen molar-refractivity contribution in [2.45, 2.75) is 35.6 Å². The van der Waals surface area contributed by atoms with Crippen LogP contribution in [0.25, 0.3) is 0 Å². The van der Waals surface area contributed by atoms with Gasteiger partial charge in [0.2, 0.25) is 5.91 Å². The molecule has 0 saturated carbocycles. The van der Waals surface area contributed by atoms with Crippen molar-refractivity contribution in [2.75, 3.05) is 18.1 Å². The van der Waals surface area contributed by atoms with E-state index in [1.807, 2.05) is 24.3 Å². The Hall–Kier alpha value is -3.79. The van der Waals surface area contributed by atoms with Gasteiger partial charge in [-0.15, -0.1) is 0 Å². The summed E-state index contributed by atoms with van der Waals surface area (Å²) in [6.07, 6.45) is 0.526. The molecule has 9 nitrogen and oxygen atoms in total. The van der Waals surface area contributed by atoms with Crippen LogP contribution < -0.4 is 15.5 Å². The third kappa shape index (κ3) is 3.93. The molecule has 35 heavy (non-hydrogen) atoms. The molecule has 1 saturated heterocycles. The lowest BCUT2D eigenvalue weighted by atomic mass is 9.95. The first-order valence-electron chi connectivity index (χ1n) is 11.3. The van der Waals surface area contributed by atoms with Gasteiger partial charge >= 0.3 is 18.0 Å². The van der Waals surface area contributed by atoms with Crippen LogP contribution in [0, 0.1) is 0 Å². The fourth-order valence-electron chi connectivity index (χ4n) is 4.60. The maximum atomic E-state index is 13.4. The fourth-order valence-corrected chi connectivity index (χ4v) is 6.01. The number of ether oxygens (including phenoxy) is 2. The number of hydrogen-bond donors (Lipinski definition) is 2. The molecule has 5 rings (SSSR count). The lowest BCUT2D eigenvalue weighted by Crippen LogP contribution is -2.49. The summed E-state index contributed by atoms with van der Waals surface area (Å²) in [5.41, 5.74) is 1.66. The Balaban J connectivity index is 1.45. The van der Waals surface area contributed by atoms with Gasteiger partial charge in [0, 0.05) is 17.7 Å². The second-order valence-electron chi connectivity index (χ2n) is 8.21. The summed E-state index contributed by atoms with van der Waals surface area (Å²) < 4.78 is 10.9. The molecule has 3 aliphatic heterocycles. The first-order chi connectivity index (χ1) is 16.9. The fraction of sp³-hybridized carbons (Fsp3) is 0.280. The summed E-state index contributed by atoms with van der Waals surface area (Å²) in [7, 11) is 0. The number of anilines is 1. The molecule has 10 heteroatoms. The third-order valence-electron chi connectivity index (χ3n) is 6.12. The summed E-state index contributed by atoms with van der Waals surface area (Å²) in [4.78, 5) is 52.6. The van der Waals surface area contributed by atoms with Gasteiger partial charge in [0.1, 0.15) is 6.61 Å². The second-order valence-corrected chi connectivity index (χ2v) is 9.53. The van der Waals surface area contributed by atoms with E-state index in [-0.39, 0.29) is 36.8 Å². The number of para-hydroxylation sites is 1. The van der Waals surface area contributed by atoms with E-state index in [4.69, 9.17) is 9.47 Å². The van der Waals surface area contributed by atoms with Crippen LogP contribution in [0.3, 0.4) is 0 Å². The third-order valence-corrected chi connectivity index (χ3v) is 7.58. The van der Waals surface area contributed by atoms with E-state index >= 15 is 0 Å². The number of amides is 3. The molecule has 3 heterocycles. The van der Waals surface area contributed by atoms with Crippen LogP contribution in [-0.4, -0.2) is 42.0 Å². The average Bonchev–Trinajstić information content (AvgIpc) is 3.38. The molecule has 0 bridgehead atoms. The molecule has 2 aromatic carbocycles. The molecule has 3 amide bonds. The quantitative estimate of drug-likeness (QED) is 0.595. The highest BCUT2D eigenvalue weighted by Crippen LogP contribution is 2.56. The molecule has 2 atom stereocenters. The Kier molecular flexibility index (Phi) is 5.98. The summed E-state index contributed by atoms with van der Waals surface area (Å²) in [6, 6.07) is 15.0. The maximum absolute atomic E-state index is 13.4. The van der Waals surface area contributed by atoms with Crippen LogP contribution in [0.15, 0.2) is 70.8 Å². The predicted octanol–water partition coefficient (Wildman–Crippen LogP) is 3.03. The van der Waals surface area contributed by atoms with Gasteiger partial charge in [-0.3, -0.25) is 9.69 Å². The predicted molar refractivity (Wildman–Crippen MR) is 127 cm³/mol. The largest absolute Gasteiger partial charge is 0.463 e. The highest BCUT2D eigenvalue weighted by Gasteiger charge is 2.58. The minimum Gasteiger partial charge on any atom is -0.463 e. The van der Waals surface area contributed by atoms with Crippen LogP contribution in [0.2, 0.25) is 0 Å². The van der Waals surface area contributed by atoms with Crippen LogP contribution >= 0.6 is 11.8 Å². The van der Waals surface area contributed by atoms with Crippen LogP contribution in [-0.2, 0) is 23.9 Å². The molecule has 1 fully saturated rings. The van der Waals surface area contributed by atoms with Crippen molar-refractivity contribution < 1.29 is 28.7 Å². The number of rotatable bonds is 6. The molecular formula is C25H23N3O6S. The number of thioether (sulfide) groups is 1. The van der Waals surface area contributed by atoms with Crippen molar-refractivity contribution in [2.24, 2.45) is 0 Å². The number of hydrogen-bond acceptors (Lipinski definition) is 7. The summed E-state index contributed by atoms with van der Waals surface area (Å²) in [6.45, 7) is 1.47. The molecular weight excluding hydrogens is 470 g/mol. The van der Waals surface area contributed by atoms with Gasteiger partial charge in [0.05, 0.1) is 29.6 Å². The molecule has 0 aliphatic carbocycles. The Labute approximate surface area is 205 Å². The van der Waals surface area contributed by atoms with Crippen molar-refractivity contribution in [1.29, 1.82) is 0 Å². The van der Waals surface area contributed by atoms with E-state index in [2.05, 4.69) is 10.6 Å². The number of nitrogens with one attached hydrogen (secondary N) is 2. The lowest BCUT2D eigenvalue weighted by molar-refractivity contribution is -0.146. The zero-order valence-electron chi connectivity index (χ0n) is 18.9. The average molecular weight is 494 g/mol. The van der Waals surface area contributed by atoms with Crippen LogP contribution in [0.5, 0.6) is 0 Å². The van der Waals surface area contributed by atoms with Crippen molar-refractivity contribution in [1.82, 2.24) is 10.6 Å². The molecule has 2 unspecified atom stereocenters. The van der Waals surface area contributed by atoms with Gasteiger partial charge in [0.15, 0.2) is 4.87 Å². The van der Waals surface area contributed by atoms with E-state index in [0.717, 1.165) is 4.90 Å². The van der Waals surface area contributed by atoms with Gasteiger partial charge < -0.3 is 20.1 Å². The Morgan fingerprint density at radius 1 is 1.09 bits per heavy atom. The lowest BCUT2D eigenvalue weighted by Gasteiger charge is -2.31. The van der Waals surface area contributed by atoms with Gasteiger partial charge in [-0.1, -0.05) is 54.2 Å². The zero-order valence-corrected chi connectivity index (χ0v) is 19.7. The summed E-state index contributed by atoms with van der Waals surface area (Å²) in [5, 5.41) is 5.34. The van der Waals surface area contributed by atoms with Gasteiger partial charge in [-0.2, -0.15) is 0 Å². The van der Waals surface area contributed by atoms with E-state index in [1.54, 1.807) is 37.3 Å². The first kappa shape index (κ1) is 23.0. The van der Waals surface area contributed by atoms with Crippen molar-refractivity contribution in [3.8, 4) is 0 Å². The van der Waals surface area contributed by atoms with E-state index in [0.29, 0.717) is 17.7 Å². The normalized spacial score (nSPS) is 22.8. The van der Waals surface area contributed by atoms with Crippen LogP contribution in [0.4, 0.5) is 10.5 Å². The molecule has 180 valence electrons. The number of fused-ring (bicyclic) bond motifs is 3. The van der Waals surface area contributed by atoms with Crippen molar-refractivity contribution in [3.63, 3.8) is 0 Å². The van der Waals surface area contributed by atoms with E-state index < -0.39 is 28.9 Å². The summed E-state index contributed by atoms with van der Waals surface area (Å²) >= 11 is 1.29. The van der Waals surface area contributed by atoms with Gasteiger partial charge in [-0.05, 0) is 24.6 Å². The smallest absolute Gasteiger partial charge is 0.343 e. The Morgan fingerprint density at radius 2 is 1.83 bits per heavy atom. The van der Waals surface area contributed by atoms with Crippen LogP contribution in [0.1, 0.15) is 31.4 Å².